The SMILES string of the molecule is CCOC(=O)c1cn(/C(=C/c2ccncc2)C(=O)OC)c2cc(Cl)c(F)cc2c1=O. The molecule has 0 saturated heterocycles. The summed E-state index contributed by atoms with van der Waals surface area (Å²) in [5, 5.41) is -0.403. The maximum absolute atomic E-state index is 14.1. The van der Waals surface area contributed by atoms with Crippen LogP contribution in [0.25, 0.3) is 22.7 Å². The molecule has 2 heterocycles. The van der Waals surface area contributed by atoms with E-state index in [1.807, 2.05) is 0 Å². The fourth-order valence-electron chi connectivity index (χ4n) is 2.82. The minimum absolute atomic E-state index is 0.0298. The molecule has 2 aromatic heterocycles. The van der Waals surface area contributed by atoms with Gasteiger partial charge < -0.3 is 14.0 Å². The topological polar surface area (TPSA) is 87.5 Å². The van der Waals surface area contributed by atoms with Crippen molar-refractivity contribution in [3.05, 3.63) is 75.0 Å². The summed E-state index contributed by atoms with van der Waals surface area (Å²) in [5.74, 6) is -2.50. The van der Waals surface area contributed by atoms with Gasteiger partial charge in [-0.25, -0.2) is 14.0 Å². The number of hydrogen-bond acceptors (Lipinski definition) is 6. The van der Waals surface area contributed by atoms with E-state index in [1.54, 1.807) is 19.1 Å². The Morgan fingerprint density at radius 2 is 1.97 bits per heavy atom. The Labute approximate surface area is 175 Å². The molecular formula is C21H16ClFN2O5. The smallest absolute Gasteiger partial charge is 0.355 e. The van der Waals surface area contributed by atoms with Crippen LogP contribution in [-0.2, 0) is 14.3 Å². The van der Waals surface area contributed by atoms with Gasteiger partial charge in [-0.1, -0.05) is 11.6 Å². The number of aromatic nitrogens is 2. The first-order valence-corrected chi connectivity index (χ1v) is 9.17. The van der Waals surface area contributed by atoms with E-state index in [2.05, 4.69) is 4.98 Å². The third-order valence-corrected chi connectivity index (χ3v) is 4.49. The molecule has 0 unspecified atom stereocenters. The van der Waals surface area contributed by atoms with E-state index in [0.29, 0.717) is 5.56 Å². The van der Waals surface area contributed by atoms with Crippen molar-refractivity contribution in [2.45, 2.75) is 6.92 Å². The van der Waals surface area contributed by atoms with Gasteiger partial charge in [-0.15, -0.1) is 0 Å². The number of pyridine rings is 2. The zero-order chi connectivity index (χ0) is 21.8. The highest BCUT2D eigenvalue weighted by Gasteiger charge is 2.22. The number of hydrogen-bond donors (Lipinski definition) is 0. The van der Waals surface area contributed by atoms with Crippen LogP contribution in [0.2, 0.25) is 5.02 Å². The van der Waals surface area contributed by atoms with Crippen molar-refractivity contribution in [2.24, 2.45) is 0 Å². The lowest BCUT2D eigenvalue weighted by molar-refractivity contribution is -0.134. The number of methoxy groups -OCH3 is 1. The van der Waals surface area contributed by atoms with Gasteiger partial charge in [-0.3, -0.25) is 9.78 Å². The maximum Gasteiger partial charge on any atom is 0.355 e. The van der Waals surface area contributed by atoms with Crippen molar-refractivity contribution in [2.75, 3.05) is 13.7 Å². The first-order valence-electron chi connectivity index (χ1n) is 8.79. The van der Waals surface area contributed by atoms with Crippen LogP contribution in [-0.4, -0.2) is 35.2 Å². The molecule has 3 rings (SSSR count). The van der Waals surface area contributed by atoms with Crippen LogP contribution in [0.1, 0.15) is 22.8 Å². The molecular weight excluding hydrogens is 415 g/mol. The lowest BCUT2D eigenvalue weighted by Gasteiger charge is -2.15. The molecule has 3 aromatic rings. The van der Waals surface area contributed by atoms with Crippen molar-refractivity contribution in [3.8, 4) is 0 Å². The molecule has 0 bridgehead atoms. The zero-order valence-corrected chi connectivity index (χ0v) is 16.8. The minimum Gasteiger partial charge on any atom is -0.464 e. The molecule has 0 atom stereocenters. The molecule has 0 aliphatic heterocycles. The Balaban J connectivity index is 2.41. The number of esters is 2. The highest BCUT2D eigenvalue weighted by molar-refractivity contribution is 6.31. The highest BCUT2D eigenvalue weighted by Crippen LogP contribution is 2.25. The standard InChI is InChI=1S/C21H16ClFN2O5/c1-3-30-20(27)14-11-25(17-10-15(22)16(23)9-13(17)19(14)26)18(21(28)29-2)8-12-4-6-24-7-5-12/h4-11H,3H2,1-2H3/b18-8+. The quantitative estimate of drug-likeness (QED) is 0.454. The summed E-state index contributed by atoms with van der Waals surface area (Å²) in [6, 6.07) is 5.41. The summed E-state index contributed by atoms with van der Waals surface area (Å²) in [6.45, 7) is 1.61. The van der Waals surface area contributed by atoms with Gasteiger partial charge in [0.05, 0.1) is 24.3 Å². The van der Waals surface area contributed by atoms with E-state index >= 15 is 0 Å². The van der Waals surface area contributed by atoms with Gasteiger partial charge in [0.2, 0.25) is 5.43 Å². The highest BCUT2D eigenvalue weighted by atomic mass is 35.5. The molecule has 7 nitrogen and oxygen atoms in total. The Morgan fingerprint density at radius 3 is 2.60 bits per heavy atom. The number of halogens is 2. The fraction of sp³-hybridized carbons (Fsp3) is 0.143. The molecule has 0 spiro atoms. The molecule has 0 radical (unpaired) electrons. The lowest BCUT2D eigenvalue weighted by Crippen LogP contribution is -2.22. The molecule has 30 heavy (non-hydrogen) atoms. The maximum atomic E-state index is 14.1. The predicted octanol–water partition coefficient (Wildman–Crippen LogP) is 3.54. The van der Waals surface area contributed by atoms with Gasteiger partial charge >= 0.3 is 11.9 Å². The summed E-state index contributed by atoms with van der Waals surface area (Å²) >= 11 is 5.92. The van der Waals surface area contributed by atoms with E-state index < -0.39 is 23.2 Å². The molecule has 0 aliphatic rings. The molecule has 0 N–H and O–H groups in total. The van der Waals surface area contributed by atoms with Crippen LogP contribution in [0.3, 0.4) is 0 Å². The second kappa shape index (κ2) is 8.87. The van der Waals surface area contributed by atoms with Gasteiger partial charge in [0, 0.05) is 24.0 Å². The number of benzene rings is 1. The Kier molecular flexibility index (Phi) is 6.27. The molecule has 0 amide bonds. The summed E-state index contributed by atoms with van der Waals surface area (Å²) in [4.78, 5) is 41.6. The average Bonchev–Trinajstić information content (AvgIpc) is 2.74. The molecule has 1 aromatic carbocycles. The van der Waals surface area contributed by atoms with E-state index in [4.69, 9.17) is 21.1 Å². The summed E-state index contributed by atoms with van der Waals surface area (Å²) in [6.07, 6.45) is 5.69. The predicted molar refractivity (Wildman–Crippen MR) is 110 cm³/mol. The first-order chi connectivity index (χ1) is 14.4. The summed E-state index contributed by atoms with van der Waals surface area (Å²) < 4.78 is 25.2. The van der Waals surface area contributed by atoms with E-state index in [-0.39, 0.29) is 33.8 Å². The third-order valence-electron chi connectivity index (χ3n) is 4.20. The minimum atomic E-state index is -0.901. The van der Waals surface area contributed by atoms with Gasteiger partial charge in [-0.2, -0.15) is 0 Å². The van der Waals surface area contributed by atoms with E-state index in [1.165, 1.54) is 36.2 Å². The molecule has 9 heteroatoms. The van der Waals surface area contributed by atoms with Crippen LogP contribution < -0.4 is 5.43 Å². The number of nitrogens with zero attached hydrogens (tertiary/aromatic N) is 2. The Morgan fingerprint density at radius 1 is 1.27 bits per heavy atom. The van der Waals surface area contributed by atoms with Crippen LogP contribution in [0.4, 0.5) is 4.39 Å². The van der Waals surface area contributed by atoms with Gasteiger partial charge in [0.1, 0.15) is 17.1 Å². The molecule has 0 aliphatic carbocycles. The lowest BCUT2D eigenvalue weighted by atomic mass is 10.1. The van der Waals surface area contributed by atoms with Crippen molar-refractivity contribution < 1.29 is 23.5 Å². The second-order valence-electron chi connectivity index (χ2n) is 6.05. The number of carbonyl (C=O) groups is 2. The monoisotopic (exact) mass is 430 g/mol. The van der Waals surface area contributed by atoms with Crippen LogP contribution in [0.5, 0.6) is 0 Å². The third kappa shape index (κ3) is 4.08. The van der Waals surface area contributed by atoms with E-state index in [0.717, 1.165) is 12.3 Å². The first kappa shape index (κ1) is 21.2. The summed E-state index contributed by atoms with van der Waals surface area (Å²) in [7, 11) is 1.19. The van der Waals surface area contributed by atoms with E-state index in [9.17, 15) is 18.8 Å². The normalized spacial score (nSPS) is 11.4. The number of fused-ring (bicyclic) bond motifs is 1. The summed E-state index contributed by atoms with van der Waals surface area (Å²) in [5.41, 5.74) is -0.436. The van der Waals surface area contributed by atoms with Crippen molar-refractivity contribution >= 4 is 46.2 Å². The second-order valence-corrected chi connectivity index (χ2v) is 6.45. The van der Waals surface area contributed by atoms with Crippen LogP contribution >= 0.6 is 11.6 Å². The van der Waals surface area contributed by atoms with Gasteiger partial charge in [-0.05, 0) is 42.8 Å². The average molecular weight is 431 g/mol. The van der Waals surface area contributed by atoms with Crippen LogP contribution in [0, 0.1) is 5.82 Å². The number of carbonyl (C=O) groups excluding carboxylic acids is 2. The van der Waals surface area contributed by atoms with Crippen LogP contribution in [0.15, 0.2) is 47.7 Å². The van der Waals surface area contributed by atoms with Crippen molar-refractivity contribution in [1.82, 2.24) is 9.55 Å². The molecule has 0 fully saturated rings. The van der Waals surface area contributed by atoms with Crippen molar-refractivity contribution in [1.29, 1.82) is 0 Å². The van der Waals surface area contributed by atoms with Crippen molar-refractivity contribution in [3.63, 3.8) is 0 Å². The number of ether oxygens (including phenoxy) is 2. The van der Waals surface area contributed by atoms with Gasteiger partial charge in [0.15, 0.2) is 0 Å². The Hall–Kier alpha value is -3.52. The van der Waals surface area contributed by atoms with Gasteiger partial charge in [0.25, 0.3) is 0 Å². The fourth-order valence-corrected chi connectivity index (χ4v) is 2.98. The molecule has 154 valence electrons. The molecule has 0 saturated carbocycles. The Bertz CT molecular complexity index is 1220. The zero-order valence-electron chi connectivity index (χ0n) is 16.0. The largest absolute Gasteiger partial charge is 0.464 e. The number of rotatable bonds is 5.